The molecule has 1 N–H and O–H groups in total. The molecule has 22 heavy (non-hydrogen) atoms. The Bertz CT molecular complexity index is 832. The molecule has 114 valence electrons. The third kappa shape index (κ3) is 2.87. The Morgan fingerprint density at radius 1 is 1.27 bits per heavy atom. The number of nitrogens with zero attached hydrogens (tertiary/aromatic N) is 2. The van der Waals surface area contributed by atoms with Crippen LogP contribution < -0.4 is 10.1 Å². The summed E-state index contributed by atoms with van der Waals surface area (Å²) in [6.07, 6.45) is 0.994. The standard InChI is InChI=1S/C16H16ClN3OS/c1-4-11-8-12-15(18-9(2)19-16(12)22-11)20-10-5-6-14(21-3)13(17)7-10/h5-8H,4H2,1-3H3,(H,18,19,20). The molecule has 6 heteroatoms. The summed E-state index contributed by atoms with van der Waals surface area (Å²) in [5.41, 5.74) is 0.870. The molecule has 0 atom stereocenters. The number of fused-ring (bicyclic) bond motifs is 1. The van der Waals surface area contributed by atoms with Gasteiger partial charge in [0.2, 0.25) is 0 Å². The average molecular weight is 334 g/mol. The number of anilines is 2. The van der Waals surface area contributed by atoms with Crippen molar-refractivity contribution >= 4 is 44.7 Å². The first-order valence-corrected chi connectivity index (χ1v) is 8.17. The molecule has 0 saturated carbocycles. The van der Waals surface area contributed by atoms with Crippen LogP contribution in [0, 0.1) is 6.92 Å². The van der Waals surface area contributed by atoms with E-state index in [1.54, 1.807) is 18.4 Å². The predicted octanol–water partition coefficient (Wildman–Crippen LogP) is 4.97. The van der Waals surface area contributed by atoms with Crippen molar-refractivity contribution in [3.63, 3.8) is 0 Å². The number of aryl methyl sites for hydroxylation is 2. The molecule has 2 heterocycles. The molecular formula is C16H16ClN3OS. The highest BCUT2D eigenvalue weighted by atomic mass is 35.5. The number of hydrogen-bond donors (Lipinski definition) is 1. The van der Waals surface area contributed by atoms with Crippen molar-refractivity contribution in [3.05, 3.63) is 40.0 Å². The van der Waals surface area contributed by atoms with Crippen LogP contribution in [-0.2, 0) is 6.42 Å². The highest BCUT2D eigenvalue weighted by Gasteiger charge is 2.11. The van der Waals surface area contributed by atoms with Gasteiger partial charge >= 0.3 is 0 Å². The normalized spacial score (nSPS) is 10.9. The second kappa shape index (κ2) is 6.10. The van der Waals surface area contributed by atoms with Crippen molar-refractivity contribution in [3.8, 4) is 5.75 Å². The number of ether oxygens (including phenoxy) is 1. The van der Waals surface area contributed by atoms with Gasteiger partial charge in [0.1, 0.15) is 22.2 Å². The quantitative estimate of drug-likeness (QED) is 0.732. The molecule has 0 fully saturated rings. The van der Waals surface area contributed by atoms with Gasteiger partial charge in [0.05, 0.1) is 17.5 Å². The zero-order valence-electron chi connectivity index (χ0n) is 12.6. The predicted molar refractivity (Wildman–Crippen MR) is 92.8 cm³/mol. The molecule has 0 saturated heterocycles. The molecule has 0 unspecified atom stereocenters. The molecule has 2 aromatic heterocycles. The lowest BCUT2D eigenvalue weighted by atomic mass is 10.2. The number of halogens is 1. The lowest BCUT2D eigenvalue weighted by Gasteiger charge is -2.09. The number of rotatable bonds is 4. The minimum absolute atomic E-state index is 0.564. The van der Waals surface area contributed by atoms with Crippen LogP contribution in [0.5, 0.6) is 5.75 Å². The summed E-state index contributed by atoms with van der Waals surface area (Å²) >= 11 is 7.88. The van der Waals surface area contributed by atoms with E-state index in [4.69, 9.17) is 16.3 Å². The van der Waals surface area contributed by atoms with E-state index in [9.17, 15) is 0 Å². The van der Waals surface area contributed by atoms with Gasteiger partial charge in [-0.15, -0.1) is 11.3 Å². The van der Waals surface area contributed by atoms with Crippen molar-refractivity contribution in [2.45, 2.75) is 20.3 Å². The van der Waals surface area contributed by atoms with E-state index in [1.165, 1.54) is 4.88 Å². The van der Waals surface area contributed by atoms with Crippen LogP contribution in [0.25, 0.3) is 10.2 Å². The topological polar surface area (TPSA) is 47.0 Å². The van der Waals surface area contributed by atoms with Crippen LogP contribution in [0.2, 0.25) is 5.02 Å². The van der Waals surface area contributed by atoms with Crippen molar-refractivity contribution in [1.29, 1.82) is 0 Å². The SMILES string of the molecule is CCc1cc2c(Nc3ccc(OC)c(Cl)c3)nc(C)nc2s1. The van der Waals surface area contributed by atoms with Crippen molar-refractivity contribution in [1.82, 2.24) is 9.97 Å². The van der Waals surface area contributed by atoms with E-state index >= 15 is 0 Å². The third-order valence-electron chi connectivity index (χ3n) is 3.32. The average Bonchev–Trinajstić information content (AvgIpc) is 2.90. The van der Waals surface area contributed by atoms with Crippen LogP contribution in [-0.4, -0.2) is 17.1 Å². The monoisotopic (exact) mass is 333 g/mol. The van der Waals surface area contributed by atoms with E-state index in [-0.39, 0.29) is 0 Å². The van der Waals surface area contributed by atoms with Gasteiger partial charge in [0.25, 0.3) is 0 Å². The van der Waals surface area contributed by atoms with Crippen LogP contribution in [0.15, 0.2) is 24.3 Å². The Hall–Kier alpha value is -1.85. The minimum Gasteiger partial charge on any atom is -0.495 e. The number of methoxy groups -OCH3 is 1. The summed E-state index contributed by atoms with van der Waals surface area (Å²) in [5.74, 6) is 2.21. The fourth-order valence-electron chi connectivity index (χ4n) is 2.23. The Labute approximate surface area is 138 Å². The Kier molecular flexibility index (Phi) is 4.18. The Balaban J connectivity index is 2.02. The summed E-state index contributed by atoms with van der Waals surface area (Å²) in [5, 5.41) is 4.94. The maximum Gasteiger partial charge on any atom is 0.142 e. The molecule has 0 spiro atoms. The van der Waals surface area contributed by atoms with Gasteiger partial charge in [-0.1, -0.05) is 18.5 Å². The smallest absolute Gasteiger partial charge is 0.142 e. The minimum atomic E-state index is 0.564. The van der Waals surface area contributed by atoms with Gasteiger partial charge in [0.15, 0.2) is 0 Å². The first kappa shape index (κ1) is 15.1. The molecule has 0 amide bonds. The van der Waals surface area contributed by atoms with Gasteiger partial charge < -0.3 is 10.1 Å². The lowest BCUT2D eigenvalue weighted by Crippen LogP contribution is -1.98. The summed E-state index contributed by atoms with van der Waals surface area (Å²) in [6.45, 7) is 4.04. The summed E-state index contributed by atoms with van der Waals surface area (Å²) in [4.78, 5) is 11.3. The second-order valence-electron chi connectivity index (χ2n) is 4.88. The molecule has 0 aliphatic heterocycles. The van der Waals surface area contributed by atoms with Gasteiger partial charge in [0, 0.05) is 10.6 Å². The molecular weight excluding hydrogens is 318 g/mol. The zero-order chi connectivity index (χ0) is 15.7. The summed E-state index contributed by atoms with van der Waals surface area (Å²) < 4.78 is 5.17. The van der Waals surface area contributed by atoms with Gasteiger partial charge in [-0.25, -0.2) is 9.97 Å². The van der Waals surface area contributed by atoms with Crippen LogP contribution >= 0.6 is 22.9 Å². The van der Waals surface area contributed by atoms with Crippen LogP contribution in [0.1, 0.15) is 17.6 Å². The van der Waals surface area contributed by atoms with E-state index in [1.807, 2.05) is 25.1 Å². The highest BCUT2D eigenvalue weighted by molar-refractivity contribution is 7.18. The zero-order valence-corrected chi connectivity index (χ0v) is 14.2. The van der Waals surface area contributed by atoms with Gasteiger partial charge in [-0.3, -0.25) is 0 Å². The maximum atomic E-state index is 6.18. The van der Waals surface area contributed by atoms with E-state index in [0.29, 0.717) is 10.8 Å². The van der Waals surface area contributed by atoms with Crippen molar-refractivity contribution in [2.24, 2.45) is 0 Å². The fraction of sp³-hybridized carbons (Fsp3) is 0.250. The van der Waals surface area contributed by atoms with Crippen molar-refractivity contribution < 1.29 is 4.74 Å². The van der Waals surface area contributed by atoms with Gasteiger partial charge in [-0.2, -0.15) is 0 Å². The van der Waals surface area contributed by atoms with Crippen LogP contribution in [0.3, 0.4) is 0 Å². The summed E-state index contributed by atoms with van der Waals surface area (Å²) in [6, 6.07) is 7.73. The number of thiophene rings is 1. The van der Waals surface area contributed by atoms with E-state index in [2.05, 4.69) is 28.3 Å². The second-order valence-corrected chi connectivity index (χ2v) is 6.40. The largest absolute Gasteiger partial charge is 0.495 e. The van der Waals surface area contributed by atoms with Gasteiger partial charge in [-0.05, 0) is 37.6 Å². The van der Waals surface area contributed by atoms with E-state index in [0.717, 1.165) is 34.0 Å². The highest BCUT2D eigenvalue weighted by Crippen LogP contribution is 2.33. The number of aromatic nitrogens is 2. The Morgan fingerprint density at radius 3 is 2.77 bits per heavy atom. The molecule has 3 aromatic rings. The molecule has 4 nitrogen and oxygen atoms in total. The van der Waals surface area contributed by atoms with Crippen LogP contribution in [0.4, 0.5) is 11.5 Å². The molecule has 0 bridgehead atoms. The first-order chi connectivity index (χ1) is 10.6. The maximum absolute atomic E-state index is 6.18. The fourth-order valence-corrected chi connectivity index (χ4v) is 3.50. The molecule has 0 aliphatic rings. The molecule has 1 aromatic carbocycles. The molecule has 0 radical (unpaired) electrons. The Morgan fingerprint density at radius 2 is 2.09 bits per heavy atom. The molecule has 3 rings (SSSR count). The summed E-state index contributed by atoms with van der Waals surface area (Å²) in [7, 11) is 1.60. The third-order valence-corrected chi connectivity index (χ3v) is 4.79. The molecule has 0 aliphatic carbocycles. The lowest BCUT2D eigenvalue weighted by molar-refractivity contribution is 0.415. The van der Waals surface area contributed by atoms with Crippen molar-refractivity contribution in [2.75, 3.05) is 12.4 Å². The number of benzene rings is 1. The first-order valence-electron chi connectivity index (χ1n) is 6.98. The van der Waals surface area contributed by atoms with E-state index < -0.39 is 0 Å². The number of hydrogen-bond acceptors (Lipinski definition) is 5. The number of nitrogens with one attached hydrogen (secondary N) is 1.